The first-order valence-electron chi connectivity index (χ1n) is 4.72. The molecule has 82 valence electrons. The Balaban J connectivity index is 2.09. The molecule has 0 aliphatic carbocycles. The van der Waals surface area contributed by atoms with E-state index in [4.69, 9.17) is 5.73 Å². The number of aliphatic hydroxyl groups is 2. The maximum absolute atomic E-state index is 9.65. The van der Waals surface area contributed by atoms with Crippen LogP contribution in [0.25, 0.3) is 0 Å². The van der Waals surface area contributed by atoms with Gasteiger partial charge >= 0.3 is 0 Å². The standard InChI is InChI=1S/C7H17N5O2/c1-3(13)12-2-9-4-5(12)10-7(8)11-6(4)14/h3-7,9-11,13-14H,2,8H2,1H3. The zero-order chi connectivity index (χ0) is 10.3. The highest BCUT2D eigenvalue weighted by molar-refractivity contribution is 4.97. The Morgan fingerprint density at radius 2 is 2.21 bits per heavy atom. The van der Waals surface area contributed by atoms with Crippen LogP contribution in [-0.4, -0.2) is 52.7 Å². The Kier molecular flexibility index (Phi) is 2.71. The van der Waals surface area contributed by atoms with Crippen molar-refractivity contribution in [2.24, 2.45) is 5.73 Å². The van der Waals surface area contributed by atoms with Gasteiger partial charge in [-0.25, -0.2) is 4.90 Å². The highest BCUT2D eigenvalue weighted by atomic mass is 16.3. The molecule has 0 spiro atoms. The van der Waals surface area contributed by atoms with Crippen LogP contribution in [0.2, 0.25) is 0 Å². The Labute approximate surface area is 82.3 Å². The Bertz CT molecular complexity index is 208. The van der Waals surface area contributed by atoms with Gasteiger partial charge in [-0.2, -0.15) is 0 Å². The van der Waals surface area contributed by atoms with Crippen LogP contribution in [0.4, 0.5) is 0 Å². The van der Waals surface area contributed by atoms with Gasteiger partial charge in [-0.15, -0.1) is 0 Å². The molecule has 0 aromatic rings. The van der Waals surface area contributed by atoms with Crippen molar-refractivity contribution in [1.29, 1.82) is 0 Å². The monoisotopic (exact) mass is 203 g/mol. The van der Waals surface area contributed by atoms with Crippen LogP contribution in [0.1, 0.15) is 6.92 Å². The predicted molar refractivity (Wildman–Crippen MR) is 49.4 cm³/mol. The summed E-state index contributed by atoms with van der Waals surface area (Å²) < 4.78 is 0. The second-order valence-corrected chi connectivity index (χ2v) is 3.73. The third-order valence-corrected chi connectivity index (χ3v) is 2.73. The van der Waals surface area contributed by atoms with E-state index in [1.54, 1.807) is 11.8 Å². The van der Waals surface area contributed by atoms with E-state index >= 15 is 0 Å². The number of nitrogens with zero attached hydrogens (tertiary/aromatic N) is 1. The first-order chi connectivity index (χ1) is 6.59. The quantitative estimate of drug-likeness (QED) is 0.264. The first-order valence-corrected chi connectivity index (χ1v) is 4.72. The van der Waals surface area contributed by atoms with E-state index in [1.165, 1.54) is 0 Å². The minimum absolute atomic E-state index is 0.138. The number of nitrogens with one attached hydrogen (secondary N) is 3. The Morgan fingerprint density at radius 3 is 2.86 bits per heavy atom. The molecule has 0 aromatic carbocycles. The number of aliphatic hydroxyl groups excluding tert-OH is 2. The number of hydrogen-bond acceptors (Lipinski definition) is 7. The molecule has 5 unspecified atom stereocenters. The molecule has 0 aromatic heterocycles. The van der Waals surface area contributed by atoms with E-state index in [-0.39, 0.29) is 12.2 Å². The molecule has 2 aliphatic rings. The van der Waals surface area contributed by atoms with Crippen LogP contribution < -0.4 is 21.7 Å². The van der Waals surface area contributed by atoms with Gasteiger partial charge in [0.05, 0.1) is 18.9 Å². The summed E-state index contributed by atoms with van der Waals surface area (Å²) in [5, 5.41) is 28.0. The fraction of sp³-hybridized carbons (Fsp3) is 1.00. The highest BCUT2D eigenvalue weighted by Crippen LogP contribution is 2.16. The minimum Gasteiger partial charge on any atom is -0.379 e. The summed E-state index contributed by atoms with van der Waals surface area (Å²) >= 11 is 0. The van der Waals surface area contributed by atoms with Crippen LogP contribution in [0, 0.1) is 0 Å². The molecule has 7 N–H and O–H groups in total. The Morgan fingerprint density at radius 1 is 1.50 bits per heavy atom. The molecule has 7 heteroatoms. The van der Waals surface area contributed by atoms with Crippen molar-refractivity contribution in [3.8, 4) is 0 Å². The second kappa shape index (κ2) is 3.70. The van der Waals surface area contributed by atoms with Gasteiger partial charge in [-0.05, 0) is 6.92 Å². The summed E-state index contributed by atoms with van der Waals surface area (Å²) in [6.07, 6.45) is -1.85. The van der Waals surface area contributed by atoms with Gasteiger partial charge in [-0.1, -0.05) is 0 Å². The lowest BCUT2D eigenvalue weighted by atomic mass is 10.1. The molecule has 2 heterocycles. The smallest absolute Gasteiger partial charge is 0.125 e. The summed E-state index contributed by atoms with van der Waals surface area (Å²) in [6, 6.07) is -0.149. The summed E-state index contributed by atoms with van der Waals surface area (Å²) in [7, 11) is 0. The van der Waals surface area contributed by atoms with Gasteiger partial charge in [0.1, 0.15) is 18.7 Å². The molecular formula is C7H17N5O2. The van der Waals surface area contributed by atoms with Gasteiger partial charge in [0.15, 0.2) is 0 Å². The zero-order valence-electron chi connectivity index (χ0n) is 8.01. The molecule has 2 fully saturated rings. The Hall–Kier alpha value is -0.280. The lowest BCUT2D eigenvalue weighted by Gasteiger charge is -2.39. The van der Waals surface area contributed by atoms with Gasteiger partial charge in [0.25, 0.3) is 0 Å². The van der Waals surface area contributed by atoms with Crippen molar-refractivity contribution in [3.05, 3.63) is 0 Å². The summed E-state index contributed by atoms with van der Waals surface area (Å²) in [5.41, 5.74) is 5.63. The van der Waals surface area contributed by atoms with Crippen molar-refractivity contribution in [2.75, 3.05) is 6.67 Å². The number of hydrogen-bond donors (Lipinski definition) is 6. The van der Waals surface area contributed by atoms with Gasteiger partial charge < -0.3 is 15.9 Å². The van der Waals surface area contributed by atoms with E-state index in [1.807, 2.05) is 0 Å². The molecule has 2 rings (SSSR count). The lowest BCUT2D eigenvalue weighted by molar-refractivity contribution is -0.0394. The molecule has 0 saturated carbocycles. The molecular weight excluding hydrogens is 186 g/mol. The third kappa shape index (κ3) is 1.63. The van der Waals surface area contributed by atoms with Crippen LogP contribution in [-0.2, 0) is 0 Å². The predicted octanol–water partition coefficient (Wildman–Crippen LogP) is -3.36. The third-order valence-electron chi connectivity index (χ3n) is 2.73. The molecule has 14 heavy (non-hydrogen) atoms. The van der Waals surface area contributed by atoms with Crippen molar-refractivity contribution < 1.29 is 10.2 Å². The molecule has 7 nitrogen and oxygen atoms in total. The van der Waals surface area contributed by atoms with E-state index in [0.717, 1.165) is 0 Å². The van der Waals surface area contributed by atoms with Crippen LogP contribution in [0.3, 0.4) is 0 Å². The van der Waals surface area contributed by atoms with E-state index in [2.05, 4.69) is 16.0 Å². The summed E-state index contributed by atoms with van der Waals surface area (Å²) in [4.78, 5) is 1.80. The minimum atomic E-state index is -0.694. The van der Waals surface area contributed by atoms with Crippen molar-refractivity contribution >= 4 is 0 Å². The highest BCUT2D eigenvalue weighted by Gasteiger charge is 2.43. The molecule has 5 atom stereocenters. The van der Waals surface area contributed by atoms with Crippen LogP contribution >= 0.6 is 0 Å². The van der Waals surface area contributed by atoms with Crippen LogP contribution in [0.15, 0.2) is 0 Å². The fourth-order valence-electron chi connectivity index (χ4n) is 2.00. The van der Waals surface area contributed by atoms with E-state index in [0.29, 0.717) is 6.67 Å². The second-order valence-electron chi connectivity index (χ2n) is 3.73. The largest absolute Gasteiger partial charge is 0.379 e. The maximum Gasteiger partial charge on any atom is 0.125 e. The molecule has 0 radical (unpaired) electrons. The lowest BCUT2D eigenvalue weighted by Crippen LogP contribution is -2.72. The van der Waals surface area contributed by atoms with E-state index in [9.17, 15) is 10.2 Å². The van der Waals surface area contributed by atoms with Gasteiger partial charge in [-0.3, -0.25) is 16.0 Å². The summed E-state index contributed by atoms with van der Waals surface area (Å²) in [5.74, 6) is 0. The SMILES string of the molecule is CC(O)N1CNC2C(O)NC(N)NC21. The number of fused-ring (bicyclic) bond motifs is 1. The van der Waals surface area contributed by atoms with E-state index < -0.39 is 18.7 Å². The molecule has 0 bridgehead atoms. The molecule has 2 aliphatic heterocycles. The number of nitrogens with two attached hydrogens (primary N) is 1. The molecule has 0 amide bonds. The normalized spacial score (nSPS) is 46.3. The van der Waals surface area contributed by atoms with Crippen molar-refractivity contribution in [3.63, 3.8) is 0 Å². The summed E-state index contributed by atoms with van der Waals surface area (Å²) in [6.45, 7) is 2.22. The fourth-order valence-corrected chi connectivity index (χ4v) is 2.00. The maximum atomic E-state index is 9.65. The molecule has 2 saturated heterocycles. The average Bonchev–Trinajstić information content (AvgIpc) is 2.47. The van der Waals surface area contributed by atoms with Crippen LogP contribution in [0.5, 0.6) is 0 Å². The van der Waals surface area contributed by atoms with Gasteiger partial charge in [0.2, 0.25) is 0 Å². The van der Waals surface area contributed by atoms with Crippen molar-refractivity contribution in [2.45, 2.75) is 37.9 Å². The zero-order valence-corrected chi connectivity index (χ0v) is 8.01. The van der Waals surface area contributed by atoms with Gasteiger partial charge in [0, 0.05) is 0 Å². The average molecular weight is 203 g/mol. The first kappa shape index (κ1) is 10.2. The topological polar surface area (TPSA) is 106 Å². The van der Waals surface area contributed by atoms with Crippen molar-refractivity contribution in [1.82, 2.24) is 20.9 Å². The number of rotatable bonds is 1.